The number of methoxy groups -OCH3 is 2. The van der Waals surface area contributed by atoms with Crippen LogP contribution >= 0.6 is 59.1 Å². The summed E-state index contributed by atoms with van der Waals surface area (Å²) >= 11 is 11.4. The molecule has 6 nitrogen and oxygen atoms in total. The molecule has 0 unspecified atom stereocenters. The van der Waals surface area contributed by atoms with Crippen molar-refractivity contribution in [2.45, 2.75) is 0 Å². The highest BCUT2D eigenvalue weighted by atomic mass is 79.9. The van der Waals surface area contributed by atoms with Crippen molar-refractivity contribution < 1.29 is 24.2 Å². The van der Waals surface area contributed by atoms with E-state index >= 15 is 0 Å². The maximum Gasteiger partial charge on any atom is 0.339 e. The molecule has 1 heterocycles. The summed E-state index contributed by atoms with van der Waals surface area (Å²) in [7, 11) is 3.03. The van der Waals surface area contributed by atoms with Crippen molar-refractivity contribution >= 4 is 76.7 Å². The fourth-order valence-electron chi connectivity index (χ4n) is 2.79. The predicted octanol–water partition coefficient (Wildman–Crippen LogP) is 6.67. The van der Waals surface area contributed by atoms with E-state index < -0.39 is 11.9 Å². The third kappa shape index (κ3) is 4.41. The summed E-state index contributed by atoms with van der Waals surface area (Å²) in [5, 5.41) is 14.1. The van der Waals surface area contributed by atoms with Crippen LogP contribution in [0.5, 0.6) is 11.5 Å². The number of rotatable bonds is 6. The summed E-state index contributed by atoms with van der Waals surface area (Å²) in [5.41, 5.74) is 1.18. The van der Waals surface area contributed by atoms with Crippen molar-refractivity contribution in [1.29, 1.82) is 0 Å². The molecule has 0 atom stereocenters. The Morgan fingerprint density at radius 2 is 1.77 bits per heavy atom. The minimum absolute atomic E-state index is 0.0120. The number of thiophene rings is 1. The molecule has 30 heavy (non-hydrogen) atoms. The summed E-state index contributed by atoms with van der Waals surface area (Å²) < 4.78 is 12.1. The monoisotopic (exact) mass is 617 g/mol. The van der Waals surface area contributed by atoms with Crippen LogP contribution in [0.3, 0.4) is 0 Å². The van der Waals surface area contributed by atoms with Gasteiger partial charge in [0.25, 0.3) is 5.91 Å². The third-order valence-corrected chi connectivity index (χ3v) is 7.14. The normalized spacial score (nSPS) is 10.6. The number of hydrogen-bond donors (Lipinski definition) is 2. The zero-order valence-corrected chi connectivity index (χ0v) is 21.2. The Kier molecular flexibility index (Phi) is 7.22. The number of carbonyl (C=O) groups is 2. The number of benzene rings is 2. The van der Waals surface area contributed by atoms with E-state index in [0.717, 1.165) is 0 Å². The van der Waals surface area contributed by atoms with Gasteiger partial charge in [-0.1, -0.05) is 12.1 Å². The Bertz CT molecular complexity index is 1150. The van der Waals surface area contributed by atoms with Crippen molar-refractivity contribution in [2.75, 3.05) is 19.5 Å². The number of carbonyl (C=O) groups excluding carboxylic acids is 1. The van der Waals surface area contributed by atoms with Gasteiger partial charge in [0.05, 0.1) is 39.3 Å². The number of amides is 1. The number of carboxylic acid groups (broad SMARTS) is 1. The molecule has 0 aliphatic rings. The summed E-state index contributed by atoms with van der Waals surface area (Å²) in [6, 6.07) is 8.78. The molecule has 0 aliphatic heterocycles. The number of halogens is 3. The van der Waals surface area contributed by atoms with Crippen molar-refractivity contribution in [1.82, 2.24) is 0 Å². The Morgan fingerprint density at radius 1 is 1.03 bits per heavy atom. The van der Waals surface area contributed by atoms with E-state index in [1.807, 2.05) is 0 Å². The second kappa shape index (κ2) is 9.51. The molecule has 156 valence electrons. The van der Waals surface area contributed by atoms with Gasteiger partial charge in [0.15, 0.2) is 0 Å². The maximum absolute atomic E-state index is 13.0. The van der Waals surface area contributed by atoms with Gasteiger partial charge < -0.3 is 19.9 Å². The van der Waals surface area contributed by atoms with E-state index in [9.17, 15) is 14.7 Å². The number of ether oxygens (including phenoxy) is 2. The lowest BCUT2D eigenvalue weighted by atomic mass is 10.1. The summed E-state index contributed by atoms with van der Waals surface area (Å²) in [5.74, 6) is -0.574. The van der Waals surface area contributed by atoms with Gasteiger partial charge in [-0.3, -0.25) is 4.79 Å². The Hall–Kier alpha value is -1.88. The first-order chi connectivity index (χ1) is 14.3. The van der Waals surface area contributed by atoms with E-state index in [-0.39, 0.29) is 16.8 Å². The average Bonchev–Trinajstić information content (AvgIpc) is 3.11. The molecular formula is C20H14Br3NO5S. The molecule has 3 rings (SSSR count). The summed E-state index contributed by atoms with van der Waals surface area (Å²) in [6.07, 6.45) is 0. The number of carboxylic acids is 1. The Labute approximate surface area is 201 Å². The van der Waals surface area contributed by atoms with Crippen LogP contribution in [-0.4, -0.2) is 31.2 Å². The van der Waals surface area contributed by atoms with E-state index in [1.165, 1.54) is 18.4 Å². The fourth-order valence-corrected chi connectivity index (χ4v) is 6.59. The van der Waals surface area contributed by atoms with Crippen LogP contribution in [0.1, 0.15) is 20.7 Å². The predicted molar refractivity (Wildman–Crippen MR) is 127 cm³/mol. The van der Waals surface area contributed by atoms with Gasteiger partial charge in [-0.15, -0.1) is 11.3 Å². The highest BCUT2D eigenvalue weighted by molar-refractivity contribution is 9.11. The van der Waals surface area contributed by atoms with Gasteiger partial charge >= 0.3 is 5.97 Å². The number of hydrogen-bond acceptors (Lipinski definition) is 5. The largest absolute Gasteiger partial charge is 0.497 e. The molecule has 0 aliphatic carbocycles. The highest BCUT2D eigenvalue weighted by Gasteiger charge is 2.25. The molecule has 3 aromatic rings. The first-order valence-corrected chi connectivity index (χ1v) is 11.6. The smallest absolute Gasteiger partial charge is 0.339 e. The number of aromatic carboxylic acids is 1. The molecular weight excluding hydrogens is 606 g/mol. The third-order valence-electron chi connectivity index (χ3n) is 4.14. The van der Waals surface area contributed by atoms with Crippen LogP contribution in [0.2, 0.25) is 0 Å². The minimum atomic E-state index is -1.14. The van der Waals surface area contributed by atoms with Gasteiger partial charge in [-0.2, -0.15) is 0 Å². The highest BCUT2D eigenvalue weighted by Crippen LogP contribution is 2.41. The lowest BCUT2D eigenvalue weighted by molar-refractivity contribution is 0.0699. The van der Waals surface area contributed by atoms with E-state index in [2.05, 4.69) is 53.1 Å². The molecule has 2 N–H and O–H groups in total. The standard InChI is InChI=1S/C20H14Br3NO5S/c1-28-10-5-3-4-9(6-10)18-15(20(26)27)13(8-30-18)24-19(25)14-11(21)7-12(22)17(29-2)16(14)23/h3-8H,1-2H3,(H,24,25)(H,26,27). The van der Waals surface area contributed by atoms with Crippen molar-refractivity contribution in [3.63, 3.8) is 0 Å². The average molecular weight is 620 g/mol. The van der Waals surface area contributed by atoms with Gasteiger partial charge in [0.2, 0.25) is 0 Å². The molecule has 0 saturated carbocycles. The molecule has 1 aromatic heterocycles. The quantitative estimate of drug-likeness (QED) is 0.322. The zero-order chi connectivity index (χ0) is 22.0. The van der Waals surface area contributed by atoms with E-state index in [0.29, 0.717) is 35.4 Å². The van der Waals surface area contributed by atoms with Gasteiger partial charge in [0, 0.05) is 9.85 Å². The topological polar surface area (TPSA) is 84.9 Å². The second-order valence-electron chi connectivity index (χ2n) is 5.91. The second-order valence-corrected chi connectivity index (χ2v) is 9.29. The van der Waals surface area contributed by atoms with Crippen molar-refractivity contribution in [3.05, 3.63) is 60.3 Å². The molecule has 0 fully saturated rings. The Morgan fingerprint density at radius 3 is 2.40 bits per heavy atom. The van der Waals surface area contributed by atoms with Crippen LogP contribution in [-0.2, 0) is 0 Å². The van der Waals surface area contributed by atoms with Gasteiger partial charge in [-0.05, 0) is 71.6 Å². The minimum Gasteiger partial charge on any atom is -0.497 e. The van der Waals surface area contributed by atoms with Gasteiger partial charge in [0.1, 0.15) is 17.1 Å². The molecule has 0 bridgehead atoms. The number of anilines is 1. The van der Waals surface area contributed by atoms with E-state index in [4.69, 9.17) is 9.47 Å². The van der Waals surface area contributed by atoms with Crippen LogP contribution in [0, 0.1) is 0 Å². The van der Waals surface area contributed by atoms with Crippen LogP contribution < -0.4 is 14.8 Å². The SMILES string of the molecule is COc1cccc(-c2scc(NC(=O)c3c(Br)cc(Br)c(OC)c3Br)c2C(=O)O)c1. The zero-order valence-electron chi connectivity index (χ0n) is 15.6. The Balaban J connectivity index is 2.03. The molecule has 10 heteroatoms. The summed E-state index contributed by atoms with van der Waals surface area (Å²) in [4.78, 5) is 25.5. The van der Waals surface area contributed by atoms with Crippen molar-refractivity contribution in [3.8, 4) is 21.9 Å². The molecule has 2 aromatic carbocycles. The molecule has 0 spiro atoms. The lowest BCUT2D eigenvalue weighted by Crippen LogP contribution is -2.15. The van der Waals surface area contributed by atoms with Gasteiger partial charge in [-0.25, -0.2) is 4.79 Å². The molecule has 0 radical (unpaired) electrons. The van der Waals surface area contributed by atoms with Crippen LogP contribution in [0.4, 0.5) is 5.69 Å². The van der Waals surface area contributed by atoms with Crippen LogP contribution in [0.25, 0.3) is 10.4 Å². The lowest BCUT2D eigenvalue weighted by Gasteiger charge is -2.13. The maximum atomic E-state index is 13.0. The number of nitrogens with one attached hydrogen (secondary N) is 1. The van der Waals surface area contributed by atoms with E-state index in [1.54, 1.807) is 42.8 Å². The first kappa shape index (κ1) is 22.8. The molecule has 0 saturated heterocycles. The first-order valence-electron chi connectivity index (χ1n) is 8.30. The van der Waals surface area contributed by atoms with Crippen molar-refractivity contribution in [2.24, 2.45) is 0 Å². The molecule has 1 amide bonds. The fraction of sp³-hybridized carbons (Fsp3) is 0.100. The summed E-state index contributed by atoms with van der Waals surface area (Å²) in [6.45, 7) is 0. The van der Waals surface area contributed by atoms with Crippen LogP contribution in [0.15, 0.2) is 49.1 Å².